The molecule has 1 aliphatic rings. The van der Waals surface area contributed by atoms with Gasteiger partial charge in [-0.25, -0.2) is 4.98 Å². The van der Waals surface area contributed by atoms with Gasteiger partial charge in [-0.2, -0.15) is 0 Å². The summed E-state index contributed by atoms with van der Waals surface area (Å²) in [5.41, 5.74) is 0.983. The molecule has 0 aromatic carbocycles. The molecule has 0 aliphatic carbocycles. The largest absolute Gasteiger partial charge is 0.481 e. The minimum Gasteiger partial charge on any atom is -0.481 e. The van der Waals surface area contributed by atoms with Crippen LogP contribution in [0.15, 0.2) is 18.3 Å². The number of nitrogens with one attached hydrogen (secondary N) is 2. The number of ether oxygens (including phenoxy) is 1. The predicted octanol–water partition coefficient (Wildman–Crippen LogP) is 1.10. The quantitative estimate of drug-likeness (QED) is 0.806. The Morgan fingerprint density at radius 1 is 1.58 bits per heavy atom. The molecule has 0 saturated carbocycles. The van der Waals surface area contributed by atoms with Gasteiger partial charge in [-0.3, -0.25) is 4.79 Å². The fourth-order valence-electron chi connectivity index (χ4n) is 2.22. The summed E-state index contributed by atoms with van der Waals surface area (Å²) in [7, 11) is 1.58. The smallest absolute Gasteiger partial charge is 0.220 e. The van der Waals surface area contributed by atoms with Crippen molar-refractivity contribution in [3.63, 3.8) is 0 Å². The lowest BCUT2D eigenvalue weighted by atomic mass is 10.0. The van der Waals surface area contributed by atoms with Crippen molar-refractivity contribution in [1.82, 2.24) is 15.6 Å². The Labute approximate surface area is 113 Å². The van der Waals surface area contributed by atoms with E-state index in [1.165, 1.54) is 6.42 Å². The number of aromatic nitrogens is 1. The second kappa shape index (κ2) is 7.09. The number of pyridine rings is 1. The first kappa shape index (κ1) is 13.8. The molecule has 1 atom stereocenters. The maximum absolute atomic E-state index is 11.7. The van der Waals surface area contributed by atoms with Crippen LogP contribution in [0.4, 0.5) is 0 Å². The lowest BCUT2D eigenvalue weighted by Crippen LogP contribution is -2.23. The van der Waals surface area contributed by atoms with Crippen LogP contribution in [0.2, 0.25) is 0 Å². The topological polar surface area (TPSA) is 63.2 Å². The van der Waals surface area contributed by atoms with Crippen molar-refractivity contribution in [2.75, 3.05) is 20.2 Å². The molecule has 0 bridgehead atoms. The first-order chi connectivity index (χ1) is 9.28. The van der Waals surface area contributed by atoms with E-state index in [0.717, 1.165) is 25.1 Å². The zero-order valence-corrected chi connectivity index (χ0v) is 11.3. The summed E-state index contributed by atoms with van der Waals surface area (Å²) < 4.78 is 4.99. The lowest BCUT2D eigenvalue weighted by Gasteiger charge is -2.08. The summed E-state index contributed by atoms with van der Waals surface area (Å²) in [6.07, 6.45) is 4.49. The average Bonchev–Trinajstić information content (AvgIpc) is 2.96. The number of carbonyl (C=O) groups excluding carboxylic acids is 1. The molecule has 1 aliphatic heterocycles. The van der Waals surface area contributed by atoms with E-state index in [0.29, 0.717) is 24.8 Å². The summed E-state index contributed by atoms with van der Waals surface area (Å²) in [5, 5.41) is 6.23. The fraction of sp³-hybridized carbons (Fsp3) is 0.571. The van der Waals surface area contributed by atoms with Gasteiger partial charge in [0.2, 0.25) is 11.8 Å². The minimum atomic E-state index is 0.114. The third-order valence-electron chi connectivity index (χ3n) is 3.44. The van der Waals surface area contributed by atoms with Crippen molar-refractivity contribution in [3.8, 4) is 5.88 Å². The first-order valence-electron chi connectivity index (χ1n) is 6.74. The molecular formula is C14H21N3O2. The van der Waals surface area contributed by atoms with Gasteiger partial charge in [0.05, 0.1) is 7.11 Å². The summed E-state index contributed by atoms with van der Waals surface area (Å²) >= 11 is 0. The van der Waals surface area contributed by atoms with Crippen LogP contribution in [-0.4, -0.2) is 31.1 Å². The summed E-state index contributed by atoms with van der Waals surface area (Å²) in [5.74, 6) is 1.36. The molecule has 2 N–H and O–H groups in total. The molecule has 0 radical (unpaired) electrons. The van der Waals surface area contributed by atoms with Crippen LogP contribution in [0.1, 0.15) is 24.8 Å². The summed E-state index contributed by atoms with van der Waals surface area (Å²) in [4.78, 5) is 15.8. The zero-order chi connectivity index (χ0) is 13.5. The van der Waals surface area contributed by atoms with Crippen LogP contribution in [0.25, 0.3) is 0 Å². The molecular weight excluding hydrogens is 242 g/mol. The van der Waals surface area contributed by atoms with E-state index >= 15 is 0 Å². The highest BCUT2D eigenvalue weighted by atomic mass is 16.5. The maximum Gasteiger partial charge on any atom is 0.220 e. The predicted molar refractivity (Wildman–Crippen MR) is 72.8 cm³/mol. The zero-order valence-electron chi connectivity index (χ0n) is 11.3. The summed E-state index contributed by atoms with van der Waals surface area (Å²) in [6, 6.07) is 3.71. The van der Waals surface area contributed by atoms with Crippen LogP contribution < -0.4 is 15.4 Å². The number of amides is 1. The Kier molecular flexibility index (Phi) is 5.15. The molecule has 5 nitrogen and oxygen atoms in total. The Morgan fingerprint density at radius 2 is 2.47 bits per heavy atom. The highest BCUT2D eigenvalue weighted by Crippen LogP contribution is 2.14. The highest BCUT2D eigenvalue weighted by Gasteiger charge is 2.15. The monoisotopic (exact) mass is 263 g/mol. The molecule has 104 valence electrons. The highest BCUT2D eigenvalue weighted by molar-refractivity contribution is 5.75. The van der Waals surface area contributed by atoms with Gasteiger partial charge in [-0.1, -0.05) is 6.07 Å². The van der Waals surface area contributed by atoms with Gasteiger partial charge in [-0.15, -0.1) is 0 Å². The number of hydrogen-bond acceptors (Lipinski definition) is 4. The average molecular weight is 263 g/mol. The standard InChI is InChI=1S/C14H21N3O2/c1-19-14-5-3-12(10-17-14)9-16-13(18)4-2-11-6-7-15-8-11/h3,5,10-11,15H,2,4,6-9H2,1H3,(H,16,18). The van der Waals surface area contributed by atoms with Crippen LogP contribution >= 0.6 is 0 Å². The van der Waals surface area contributed by atoms with Gasteiger partial charge >= 0.3 is 0 Å². The van der Waals surface area contributed by atoms with Gasteiger partial charge in [0.15, 0.2) is 0 Å². The van der Waals surface area contributed by atoms with E-state index in [2.05, 4.69) is 15.6 Å². The maximum atomic E-state index is 11.7. The third-order valence-corrected chi connectivity index (χ3v) is 3.44. The number of rotatable bonds is 6. The van der Waals surface area contributed by atoms with Gasteiger partial charge < -0.3 is 15.4 Å². The van der Waals surface area contributed by atoms with Crippen molar-refractivity contribution in [2.24, 2.45) is 5.92 Å². The van der Waals surface area contributed by atoms with Crippen molar-refractivity contribution in [3.05, 3.63) is 23.9 Å². The van der Waals surface area contributed by atoms with Crippen molar-refractivity contribution >= 4 is 5.91 Å². The molecule has 1 aromatic rings. The number of carbonyl (C=O) groups is 1. The molecule has 0 spiro atoms. The molecule has 1 saturated heterocycles. The van der Waals surface area contributed by atoms with E-state index in [1.54, 1.807) is 19.4 Å². The Hall–Kier alpha value is -1.62. The molecule has 2 heterocycles. The molecule has 1 amide bonds. The molecule has 1 aromatic heterocycles. The van der Waals surface area contributed by atoms with E-state index in [-0.39, 0.29) is 5.91 Å². The molecule has 19 heavy (non-hydrogen) atoms. The molecule has 2 rings (SSSR count). The van der Waals surface area contributed by atoms with Gasteiger partial charge in [0.25, 0.3) is 0 Å². The van der Waals surface area contributed by atoms with Crippen LogP contribution in [0.3, 0.4) is 0 Å². The molecule has 5 heteroatoms. The van der Waals surface area contributed by atoms with E-state index in [1.807, 2.05) is 6.07 Å². The fourth-order valence-corrected chi connectivity index (χ4v) is 2.22. The second-order valence-corrected chi connectivity index (χ2v) is 4.88. The van der Waals surface area contributed by atoms with Crippen molar-refractivity contribution < 1.29 is 9.53 Å². The lowest BCUT2D eigenvalue weighted by molar-refractivity contribution is -0.121. The van der Waals surface area contributed by atoms with Gasteiger partial charge in [0, 0.05) is 25.2 Å². The van der Waals surface area contributed by atoms with Crippen LogP contribution in [0.5, 0.6) is 5.88 Å². The van der Waals surface area contributed by atoms with Gasteiger partial charge in [-0.05, 0) is 37.4 Å². The number of methoxy groups -OCH3 is 1. The first-order valence-corrected chi connectivity index (χ1v) is 6.74. The van der Waals surface area contributed by atoms with Crippen LogP contribution in [-0.2, 0) is 11.3 Å². The van der Waals surface area contributed by atoms with E-state index in [9.17, 15) is 4.79 Å². The van der Waals surface area contributed by atoms with E-state index < -0.39 is 0 Å². The molecule has 1 fully saturated rings. The Morgan fingerprint density at radius 3 is 3.11 bits per heavy atom. The minimum absolute atomic E-state index is 0.114. The van der Waals surface area contributed by atoms with Gasteiger partial charge in [0.1, 0.15) is 0 Å². The second-order valence-electron chi connectivity index (χ2n) is 4.88. The SMILES string of the molecule is COc1ccc(CNC(=O)CCC2CCNC2)cn1. The normalized spacial score (nSPS) is 18.3. The number of nitrogens with zero attached hydrogens (tertiary/aromatic N) is 1. The van der Waals surface area contributed by atoms with E-state index in [4.69, 9.17) is 4.74 Å². The summed E-state index contributed by atoms with van der Waals surface area (Å²) in [6.45, 7) is 2.66. The van der Waals surface area contributed by atoms with Crippen LogP contribution in [0, 0.1) is 5.92 Å². The van der Waals surface area contributed by atoms with Crippen molar-refractivity contribution in [1.29, 1.82) is 0 Å². The number of hydrogen-bond donors (Lipinski definition) is 2. The molecule has 1 unspecified atom stereocenters. The Balaban J connectivity index is 1.67. The van der Waals surface area contributed by atoms with Crippen molar-refractivity contribution in [2.45, 2.75) is 25.8 Å². The third kappa shape index (κ3) is 4.52. The Bertz CT molecular complexity index is 400.